The minimum Gasteiger partial charge on any atom is -0.355 e. The van der Waals surface area contributed by atoms with Crippen molar-refractivity contribution in [3.63, 3.8) is 0 Å². The summed E-state index contributed by atoms with van der Waals surface area (Å²) in [6, 6.07) is 6.47. The van der Waals surface area contributed by atoms with E-state index in [1.165, 1.54) is 12.1 Å². The van der Waals surface area contributed by atoms with Crippen LogP contribution in [-0.4, -0.2) is 51.9 Å². The summed E-state index contributed by atoms with van der Waals surface area (Å²) >= 11 is 0. The number of carbonyl (C=O) groups excluding carboxylic acids is 1. The highest BCUT2D eigenvalue weighted by atomic mass is 32.2. The molecule has 1 amide bonds. The lowest BCUT2D eigenvalue weighted by atomic mass is 9.79. The Balaban J connectivity index is 1.62. The van der Waals surface area contributed by atoms with E-state index in [0.717, 1.165) is 44.0 Å². The van der Waals surface area contributed by atoms with Crippen molar-refractivity contribution in [2.45, 2.75) is 30.7 Å². The van der Waals surface area contributed by atoms with Crippen molar-refractivity contribution in [2.75, 3.05) is 26.7 Å². The van der Waals surface area contributed by atoms with Crippen molar-refractivity contribution in [1.29, 1.82) is 0 Å². The van der Waals surface area contributed by atoms with E-state index >= 15 is 0 Å². The van der Waals surface area contributed by atoms with Crippen LogP contribution in [0.5, 0.6) is 0 Å². The van der Waals surface area contributed by atoms with Gasteiger partial charge in [0.25, 0.3) is 0 Å². The average molecular weight is 379 g/mol. The van der Waals surface area contributed by atoms with Gasteiger partial charge in [-0.05, 0) is 30.5 Å². The van der Waals surface area contributed by atoms with Crippen molar-refractivity contribution in [2.24, 2.45) is 15.5 Å². The second kappa shape index (κ2) is 7.24. The number of likely N-dealkylation sites (tertiary alicyclic amines) is 1. The molecule has 0 aliphatic carbocycles. The van der Waals surface area contributed by atoms with Crippen molar-refractivity contribution in [1.82, 2.24) is 15.5 Å². The smallest absolute Gasteiger partial charge is 0.238 e. The van der Waals surface area contributed by atoms with Gasteiger partial charge in [0.1, 0.15) is 0 Å². The third kappa shape index (κ3) is 4.16. The highest BCUT2D eigenvalue weighted by molar-refractivity contribution is 7.89. The lowest BCUT2D eigenvalue weighted by Gasteiger charge is -2.40. The Morgan fingerprint density at radius 3 is 2.69 bits per heavy atom. The van der Waals surface area contributed by atoms with Gasteiger partial charge in [0.15, 0.2) is 5.96 Å². The van der Waals surface area contributed by atoms with Gasteiger partial charge in [0, 0.05) is 45.1 Å². The highest BCUT2D eigenvalue weighted by Gasteiger charge is 2.42. The Morgan fingerprint density at radius 2 is 2.12 bits per heavy atom. The zero-order valence-electron chi connectivity index (χ0n) is 14.9. The van der Waals surface area contributed by atoms with Gasteiger partial charge in [-0.15, -0.1) is 0 Å². The maximum absolute atomic E-state index is 11.6. The Bertz CT molecular complexity index is 806. The second-order valence-electron chi connectivity index (χ2n) is 7.07. The number of nitrogens with zero attached hydrogens (tertiary/aromatic N) is 2. The van der Waals surface area contributed by atoms with Crippen LogP contribution >= 0.6 is 0 Å². The summed E-state index contributed by atoms with van der Waals surface area (Å²) in [5.41, 5.74) is 0.937. The topological polar surface area (TPSA) is 117 Å². The molecule has 3 rings (SSSR count). The molecule has 142 valence electrons. The first-order chi connectivity index (χ1) is 12.3. The van der Waals surface area contributed by atoms with E-state index in [9.17, 15) is 13.2 Å². The van der Waals surface area contributed by atoms with E-state index in [4.69, 9.17) is 5.14 Å². The SMILES string of the molecule is CN=C(NCc1ccc(S(N)(=O)=O)cc1)N1CCCC2(CNC(=O)C2)C1. The Morgan fingerprint density at radius 1 is 1.38 bits per heavy atom. The third-order valence-electron chi connectivity index (χ3n) is 5.07. The molecule has 2 aliphatic rings. The molecule has 2 fully saturated rings. The summed E-state index contributed by atoms with van der Waals surface area (Å²) in [5.74, 6) is 0.920. The fourth-order valence-electron chi connectivity index (χ4n) is 3.74. The minimum absolute atomic E-state index is 0.00405. The van der Waals surface area contributed by atoms with E-state index in [2.05, 4.69) is 20.5 Å². The maximum atomic E-state index is 11.6. The number of nitrogens with one attached hydrogen (secondary N) is 2. The highest BCUT2D eigenvalue weighted by Crippen LogP contribution is 2.35. The van der Waals surface area contributed by atoms with Crippen LogP contribution in [0.15, 0.2) is 34.2 Å². The average Bonchev–Trinajstić information content (AvgIpc) is 2.95. The largest absolute Gasteiger partial charge is 0.355 e. The van der Waals surface area contributed by atoms with Gasteiger partial charge in [-0.1, -0.05) is 12.1 Å². The first kappa shape index (κ1) is 18.7. The molecule has 1 spiro atoms. The Kier molecular flexibility index (Phi) is 5.19. The summed E-state index contributed by atoms with van der Waals surface area (Å²) in [4.78, 5) is 18.3. The fourth-order valence-corrected chi connectivity index (χ4v) is 4.25. The van der Waals surface area contributed by atoms with Crippen molar-refractivity contribution < 1.29 is 13.2 Å². The van der Waals surface area contributed by atoms with Gasteiger partial charge in [0.05, 0.1) is 4.90 Å². The number of guanidine groups is 1. The van der Waals surface area contributed by atoms with Crippen LogP contribution in [0.1, 0.15) is 24.8 Å². The number of amides is 1. The maximum Gasteiger partial charge on any atom is 0.238 e. The second-order valence-corrected chi connectivity index (χ2v) is 8.63. The number of carbonyl (C=O) groups is 1. The third-order valence-corrected chi connectivity index (χ3v) is 6.00. The van der Waals surface area contributed by atoms with Gasteiger partial charge in [0.2, 0.25) is 15.9 Å². The number of primary sulfonamides is 1. The number of hydrogen-bond acceptors (Lipinski definition) is 4. The Hall–Kier alpha value is -2.13. The normalized spacial score (nSPS) is 24.0. The van der Waals surface area contributed by atoms with E-state index in [0.29, 0.717) is 13.0 Å². The van der Waals surface area contributed by atoms with Crippen LogP contribution in [0.2, 0.25) is 0 Å². The summed E-state index contributed by atoms with van der Waals surface area (Å²) < 4.78 is 22.6. The molecular weight excluding hydrogens is 354 g/mol. The van der Waals surface area contributed by atoms with Gasteiger partial charge in [-0.25, -0.2) is 13.6 Å². The van der Waals surface area contributed by atoms with Gasteiger partial charge >= 0.3 is 0 Å². The minimum atomic E-state index is -3.68. The van der Waals surface area contributed by atoms with Crippen molar-refractivity contribution in [3.05, 3.63) is 29.8 Å². The lowest BCUT2D eigenvalue weighted by Crippen LogP contribution is -2.51. The monoisotopic (exact) mass is 379 g/mol. The first-order valence-electron chi connectivity index (χ1n) is 8.65. The molecule has 1 unspecified atom stereocenters. The number of sulfonamides is 1. The quantitative estimate of drug-likeness (QED) is 0.505. The molecular formula is C17H25N5O3S. The van der Waals surface area contributed by atoms with Crippen LogP contribution in [0, 0.1) is 5.41 Å². The molecule has 26 heavy (non-hydrogen) atoms. The number of hydrogen-bond donors (Lipinski definition) is 3. The molecule has 0 bridgehead atoms. The van der Waals surface area contributed by atoms with Crippen LogP contribution < -0.4 is 15.8 Å². The zero-order chi connectivity index (χ0) is 18.8. The number of benzene rings is 1. The number of piperidine rings is 1. The van der Waals surface area contributed by atoms with Crippen LogP contribution in [-0.2, 0) is 21.4 Å². The molecule has 1 aromatic rings. The molecule has 2 saturated heterocycles. The molecule has 2 aliphatic heterocycles. The van der Waals surface area contributed by atoms with Gasteiger partial charge < -0.3 is 15.5 Å². The van der Waals surface area contributed by atoms with Crippen LogP contribution in [0.3, 0.4) is 0 Å². The molecule has 9 heteroatoms. The molecule has 1 atom stereocenters. The molecule has 2 heterocycles. The van der Waals surface area contributed by atoms with Crippen LogP contribution in [0.25, 0.3) is 0 Å². The molecule has 0 aromatic heterocycles. The summed E-state index contributed by atoms with van der Waals surface area (Å²) in [5, 5.41) is 11.4. The first-order valence-corrected chi connectivity index (χ1v) is 10.2. The standard InChI is InChI=1S/C17H25N5O3S/c1-19-16(20-10-13-3-5-14(6-4-13)26(18,24)25)22-8-2-7-17(12-22)9-15(23)21-11-17/h3-6H,2,7-12H2,1H3,(H,19,20)(H,21,23)(H2,18,24,25). The molecule has 4 N–H and O–H groups in total. The predicted octanol–water partition coefficient (Wildman–Crippen LogP) is 0.0115. The van der Waals surface area contributed by atoms with Crippen molar-refractivity contribution in [3.8, 4) is 0 Å². The lowest BCUT2D eigenvalue weighted by molar-refractivity contribution is -0.119. The predicted molar refractivity (Wildman–Crippen MR) is 98.9 cm³/mol. The van der Waals surface area contributed by atoms with E-state index in [1.54, 1.807) is 19.2 Å². The van der Waals surface area contributed by atoms with E-state index < -0.39 is 10.0 Å². The van der Waals surface area contributed by atoms with Gasteiger partial charge in [-0.2, -0.15) is 0 Å². The fraction of sp³-hybridized carbons (Fsp3) is 0.529. The molecule has 1 aromatic carbocycles. The molecule has 8 nitrogen and oxygen atoms in total. The van der Waals surface area contributed by atoms with Crippen molar-refractivity contribution >= 4 is 21.9 Å². The zero-order valence-corrected chi connectivity index (χ0v) is 15.7. The summed E-state index contributed by atoms with van der Waals surface area (Å²) in [6.07, 6.45) is 2.66. The molecule has 0 saturated carbocycles. The number of nitrogens with two attached hydrogens (primary N) is 1. The summed E-state index contributed by atoms with van der Waals surface area (Å²) in [6.45, 7) is 2.96. The number of aliphatic imine (C=N–C) groups is 1. The van der Waals surface area contributed by atoms with Crippen LogP contribution in [0.4, 0.5) is 0 Å². The molecule has 0 radical (unpaired) electrons. The Labute approximate surface area is 153 Å². The van der Waals surface area contributed by atoms with Gasteiger partial charge in [-0.3, -0.25) is 9.79 Å². The summed E-state index contributed by atoms with van der Waals surface area (Å²) in [7, 11) is -1.93. The van der Waals surface area contributed by atoms with E-state index in [1.807, 2.05) is 0 Å². The number of rotatable bonds is 3. The van der Waals surface area contributed by atoms with E-state index in [-0.39, 0.29) is 16.2 Å².